The average molecular weight is 205 g/mol. The minimum atomic E-state index is 0.301. The predicted molar refractivity (Wildman–Crippen MR) is 57.4 cm³/mol. The van der Waals surface area contributed by atoms with E-state index in [1.807, 2.05) is 12.1 Å². The number of nitrogens with zero attached hydrogens (tertiary/aromatic N) is 1. The van der Waals surface area contributed by atoms with Gasteiger partial charge in [-0.05, 0) is 30.9 Å². The fourth-order valence-electron chi connectivity index (χ4n) is 1.35. The van der Waals surface area contributed by atoms with Crippen LogP contribution in [0.15, 0.2) is 12.1 Å². The van der Waals surface area contributed by atoms with Gasteiger partial charge in [0.2, 0.25) is 0 Å². The van der Waals surface area contributed by atoms with Crippen molar-refractivity contribution in [3.8, 4) is 5.75 Å². The molecule has 15 heavy (non-hydrogen) atoms. The highest BCUT2D eigenvalue weighted by Gasteiger charge is 2.24. The summed E-state index contributed by atoms with van der Waals surface area (Å²) in [5.74, 6) is 0.954. The van der Waals surface area contributed by atoms with Crippen molar-refractivity contribution in [2.75, 3.05) is 0 Å². The van der Waals surface area contributed by atoms with Crippen LogP contribution in [0.2, 0.25) is 0 Å². The van der Waals surface area contributed by atoms with Crippen molar-refractivity contribution in [1.82, 2.24) is 4.98 Å². The van der Waals surface area contributed by atoms with Gasteiger partial charge in [0.25, 0.3) is 0 Å². The van der Waals surface area contributed by atoms with Crippen molar-refractivity contribution in [3.63, 3.8) is 0 Å². The molecule has 3 nitrogen and oxygen atoms in total. The molecular formula is C12H15NO2. The Labute approximate surface area is 89.5 Å². The molecule has 0 unspecified atom stereocenters. The SMILES string of the molecule is CC(C)c1ccc(OC2CC2)c(C=O)n1. The van der Waals surface area contributed by atoms with Crippen LogP contribution in [0.4, 0.5) is 0 Å². The molecule has 1 heterocycles. The largest absolute Gasteiger partial charge is 0.488 e. The summed E-state index contributed by atoms with van der Waals surface area (Å²) in [6.45, 7) is 4.11. The number of carbonyl (C=O) groups is 1. The monoisotopic (exact) mass is 205 g/mol. The number of aldehydes is 1. The fraction of sp³-hybridized carbons (Fsp3) is 0.500. The first-order chi connectivity index (χ1) is 7.20. The molecule has 0 spiro atoms. The lowest BCUT2D eigenvalue weighted by atomic mass is 10.1. The summed E-state index contributed by atoms with van der Waals surface area (Å²) in [6.07, 6.45) is 3.24. The van der Waals surface area contributed by atoms with Gasteiger partial charge >= 0.3 is 0 Å². The van der Waals surface area contributed by atoms with E-state index in [0.717, 1.165) is 24.8 Å². The number of aromatic nitrogens is 1. The van der Waals surface area contributed by atoms with Crippen LogP contribution in [0, 0.1) is 0 Å². The average Bonchev–Trinajstić information content (AvgIpc) is 3.02. The molecule has 1 aromatic heterocycles. The van der Waals surface area contributed by atoms with E-state index >= 15 is 0 Å². The molecule has 1 aliphatic carbocycles. The number of hydrogen-bond acceptors (Lipinski definition) is 3. The highest BCUT2D eigenvalue weighted by molar-refractivity contribution is 5.76. The van der Waals surface area contributed by atoms with E-state index in [-0.39, 0.29) is 0 Å². The van der Waals surface area contributed by atoms with Crippen LogP contribution in [0.3, 0.4) is 0 Å². The van der Waals surface area contributed by atoms with Crippen molar-refractivity contribution < 1.29 is 9.53 Å². The second-order valence-electron chi connectivity index (χ2n) is 4.21. The smallest absolute Gasteiger partial charge is 0.172 e. The normalized spacial score (nSPS) is 15.4. The topological polar surface area (TPSA) is 39.2 Å². The summed E-state index contributed by atoms with van der Waals surface area (Å²) in [5, 5.41) is 0. The van der Waals surface area contributed by atoms with E-state index in [2.05, 4.69) is 18.8 Å². The van der Waals surface area contributed by atoms with E-state index in [1.54, 1.807) is 0 Å². The third-order valence-corrected chi connectivity index (χ3v) is 2.43. The predicted octanol–water partition coefficient (Wildman–Crippen LogP) is 2.56. The van der Waals surface area contributed by atoms with Gasteiger partial charge in [-0.15, -0.1) is 0 Å². The molecule has 0 aliphatic heterocycles. The molecule has 2 rings (SSSR count). The van der Waals surface area contributed by atoms with Gasteiger partial charge in [0, 0.05) is 5.69 Å². The van der Waals surface area contributed by atoms with Gasteiger partial charge < -0.3 is 4.74 Å². The highest BCUT2D eigenvalue weighted by atomic mass is 16.5. The highest BCUT2D eigenvalue weighted by Crippen LogP contribution is 2.28. The second kappa shape index (κ2) is 4.01. The number of rotatable bonds is 4. The summed E-state index contributed by atoms with van der Waals surface area (Å²) in [5.41, 5.74) is 1.35. The van der Waals surface area contributed by atoms with Gasteiger partial charge in [0.05, 0.1) is 6.10 Å². The molecule has 80 valence electrons. The number of ether oxygens (including phenoxy) is 1. The van der Waals surface area contributed by atoms with E-state index in [1.165, 1.54) is 0 Å². The van der Waals surface area contributed by atoms with Crippen LogP contribution in [0.5, 0.6) is 5.75 Å². The zero-order valence-electron chi connectivity index (χ0n) is 9.06. The Bertz CT molecular complexity index is 370. The first-order valence-electron chi connectivity index (χ1n) is 5.33. The van der Waals surface area contributed by atoms with Crippen molar-refractivity contribution in [3.05, 3.63) is 23.5 Å². The molecule has 1 aromatic rings. The van der Waals surface area contributed by atoms with Crippen LogP contribution in [-0.4, -0.2) is 17.4 Å². The molecule has 0 amide bonds. The lowest BCUT2D eigenvalue weighted by Crippen LogP contribution is -2.03. The van der Waals surface area contributed by atoms with Crippen molar-refractivity contribution in [2.24, 2.45) is 0 Å². The third kappa shape index (κ3) is 2.35. The van der Waals surface area contributed by atoms with Crippen molar-refractivity contribution >= 4 is 6.29 Å². The van der Waals surface area contributed by atoms with E-state index in [4.69, 9.17) is 4.74 Å². The third-order valence-electron chi connectivity index (χ3n) is 2.43. The summed E-state index contributed by atoms with van der Waals surface area (Å²) in [4.78, 5) is 15.1. The van der Waals surface area contributed by atoms with Crippen LogP contribution in [0.25, 0.3) is 0 Å². The van der Waals surface area contributed by atoms with Gasteiger partial charge in [0.1, 0.15) is 11.4 Å². The Morgan fingerprint density at radius 1 is 1.47 bits per heavy atom. The zero-order chi connectivity index (χ0) is 10.8. The van der Waals surface area contributed by atoms with Crippen molar-refractivity contribution in [1.29, 1.82) is 0 Å². The quantitative estimate of drug-likeness (QED) is 0.709. The molecule has 0 bridgehead atoms. The maximum Gasteiger partial charge on any atom is 0.172 e. The summed E-state index contributed by atoms with van der Waals surface area (Å²) in [7, 11) is 0. The van der Waals surface area contributed by atoms with Gasteiger partial charge in [-0.2, -0.15) is 0 Å². The van der Waals surface area contributed by atoms with Crippen LogP contribution in [-0.2, 0) is 0 Å². The zero-order valence-corrected chi connectivity index (χ0v) is 9.06. The summed E-state index contributed by atoms with van der Waals surface area (Å²) in [6, 6.07) is 3.78. The Morgan fingerprint density at radius 2 is 2.20 bits per heavy atom. The van der Waals surface area contributed by atoms with Crippen molar-refractivity contribution in [2.45, 2.75) is 38.7 Å². The molecular weight excluding hydrogens is 190 g/mol. The maximum absolute atomic E-state index is 10.9. The molecule has 0 radical (unpaired) electrons. The molecule has 0 atom stereocenters. The summed E-state index contributed by atoms with van der Waals surface area (Å²) < 4.78 is 5.59. The Hall–Kier alpha value is -1.38. The van der Waals surface area contributed by atoms with E-state index < -0.39 is 0 Å². The molecule has 3 heteroatoms. The van der Waals surface area contributed by atoms with Gasteiger partial charge in [-0.3, -0.25) is 4.79 Å². The number of hydrogen-bond donors (Lipinski definition) is 0. The minimum absolute atomic E-state index is 0.301. The molecule has 0 aromatic carbocycles. The van der Waals surface area contributed by atoms with Crippen LogP contribution < -0.4 is 4.74 Å². The molecule has 1 fully saturated rings. The second-order valence-corrected chi connectivity index (χ2v) is 4.21. The van der Waals surface area contributed by atoms with Crippen LogP contribution >= 0.6 is 0 Å². The first kappa shape index (κ1) is 10.1. The Kier molecular flexibility index (Phi) is 2.71. The van der Waals surface area contributed by atoms with Gasteiger partial charge in [-0.1, -0.05) is 13.8 Å². The lowest BCUT2D eigenvalue weighted by molar-refractivity contribution is 0.111. The number of pyridine rings is 1. The standard InChI is InChI=1S/C12H15NO2/c1-8(2)10-5-6-12(11(7-14)13-10)15-9-3-4-9/h5-9H,3-4H2,1-2H3. The van der Waals surface area contributed by atoms with Crippen LogP contribution in [0.1, 0.15) is 48.8 Å². The molecule has 1 saturated carbocycles. The van der Waals surface area contributed by atoms with E-state index in [0.29, 0.717) is 23.5 Å². The maximum atomic E-state index is 10.9. The van der Waals surface area contributed by atoms with Gasteiger partial charge in [0.15, 0.2) is 6.29 Å². The molecule has 1 aliphatic rings. The number of carbonyl (C=O) groups excluding carboxylic acids is 1. The molecule has 0 saturated heterocycles. The lowest BCUT2D eigenvalue weighted by Gasteiger charge is -2.09. The fourth-order valence-corrected chi connectivity index (χ4v) is 1.35. The Balaban J connectivity index is 2.25. The molecule has 0 N–H and O–H groups in total. The van der Waals surface area contributed by atoms with Gasteiger partial charge in [-0.25, -0.2) is 4.98 Å². The Morgan fingerprint density at radius 3 is 2.73 bits per heavy atom. The first-order valence-corrected chi connectivity index (χ1v) is 5.33. The van der Waals surface area contributed by atoms with E-state index in [9.17, 15) is 4.79 Å². The minimum Gasteiger partial charge on any atom is -0.488 e. The summed E-state index contributed by atoms with van der Waals surface area (Å²) >= 11 is 0.